The first kappa shape index (κ1) is 30.6. The van der Waals surface area contributed by atoms with Gasteiger partial charge in [-0.2, -0.15) is 4.31 Å². The maximum Gasteiger partial charge on any atom is 0.304 e. The van der Waals surface area contributed by atoms with E-state index >= 15 is 0 Å². The molecule has 1 saturated heterocycles. The Morgan fingerprint density at radius 3 is 2.45 bits per heavy atom. The highest BCUT2D eigenvalue weighted by molar-refractivity contribution is 7.76. The standard InChI is InChI=1S/C31H33Cl2N3O5S/c1-31(16-28(37)38)15-26(23-5-2-6-25(33)14-23)29(22-9-11-24(32)12-10-22)36(30(31)39)27(21-7-8-21)19-35(42(40)41)18-20-4-3-13-34-17-20/h2-6,9-14,17,21,26-27,29H,7-8,15-16,18-19H2,1H3,(H,37,38)(H,40,41). The van der Waals surface area contributed by atoms with Crippen molar-refractivity contribution in [1.29, 1.82) is 0 Å². The summed E-state index contributed by atoms with van der Waals surface area (Å²) < 4.78 is 24.4. The fourth-order valence-corrected chi connectivity index (χ4v) is 7.14. The number of benzene rings is 2. The van der Waals surface area contributed by atoms with Gasteiger partial charge in [-0.3, -0.25) is 19.1 Å². The van der Waals surface area contributed by atoms with Crippen molar-refractivity contribution in [3.63, 3.8) is 0 Å². The normalized spacial score (nSPS) is 24.0. The van der Waals surface area contributed by atoms with Crippen molar-refractivity contribution in [2.24, 2.45) is 11.3 Å². The van der Waals surface area contributed by atoms with Crippen LogP contribution in [0.5, 0.6) is 0 Å². The minimum Gasteiger partial charge on any atom is -0.481 e. The highest BCUT2D eigenvalue weighted by atomic mass is 35.5. The van der Waals surface area contributed by atoms with Crippen molar-refractivity contribution < 1.29 is 23.5 Å². The number of aliphatic carboxylic acids is 1. The predicted molar refractivity (Wildman–Crippen MR) is 162 cm³/mol. The van der Waals surface area contributed by atoms with Gasteiger partial charge < -0.3 is 10.0 Å². The van der Waals surface area contributed by atoms with E-state index in [-0.39, 0.29) is 37.3 Å². The molecule has 0 bridgehead atoms. The van der Waals surface area contributed by atoms with E-state index in [0.717, 1.165) is 29.5 Å². The van der Waals surface area contributed by atoms with Gasteiger partial charge in [0, 0.05) is 47.5 Å². The van der Waals surface area contributed by atoms with Gasteiger partial charge in [0.05, 0.1) is 17.9 Å². The number of amides is 1. The van der Waals surface area contributed by atoms with Crippen LogP contribution >= 0.6 is 23.2 Å². The number of likely N-dealkylation sites (tertiary alicyclic amines) is 1. The topological polar surface area (TPSA) is 111 Å². The number of piperidine rings is 1. The molecule has 3 aromatic rings. The molecule has 1 amide bonds. The number of carboxylic acid groups (broad SMARTS) is 1. The van der Waals surface area contributed by atoms with E-state index < -0.39 is 34.7 Å². The van der Waals surface area contributed by atoms with Crippen molar-refractivity contribution in [3.05, 3.63) is 99.8 Å². The molecule has 1 aliphatic carbocycles. The molecule has 8 nitrogen and oxygen atoms in total. The second-order valence-corrected chi connectivity index (χ2v) is 13.4. The van der Waals surface area contributed by atoms with Crippen LogP contribution < -0.4 is 0 Å². The Labute approximate surface area is 258 Å². The first-order valence-electron chi connectivity index (χ1n) is 13.9. The molecule has 1 aliphatic heterocycles. The second-order valence-electron chi connectivity index (χ2n) is 11.5. The number of carboxylic acids is 1. The van der Waals surface area contributed by atoms with Crippen LogP contribution in [0, 0.1) is 11.3 Å². The molecule has 0 radical (unpaired) electrons. The SMILES string of the molecule is CC1(CC(=O)O)CC(c2cccc(Cl)c2)C(c2ccc(Cl)cc2)N(C(CN(Cc2cccnc2)S(=O)O)C2CC2)C1=O. The summed E-state index contributed by atoms with van der Waals surface area (Å²) in [6.45, 7) is 2.01. The number of halogens is 2. The number of rotatable bonds is 11. The highest BCUT2D eigenvalue weighted by Crippen LogP contribution is 2.54. The Kier molecular flexibility index (Phi) is 9.34. The number of hydrogen-bond donors (Lipinski definition) is 2. The first-order valence-corrected chi connectivity index (χ1v) is 15.7. The van der Waals surface area contributed by atoms with Gasteiger partial charge in [0.1, 0.15) is 0 Å². The van der Waals surface area contributed by atoms with Crippen molar-refractivity contribution in [2.45, 2.75) is 57.2 Å². The lowest BCUT2D eigenvalue weighted by molar-refractivity contribution is -0.161. The highest BCUT2D eigenvalue weighted by Gasteiger charge is 2.54. The first-order chi connectivity index (χ1) is 20.1. The van der Waals surface area contributed by atoms with Gasteiger partial charge in [0.25, 0.3) is 0 Å². The molecule has 2 fully saturated rings. The molecule has 5 rings (SSSR count). The fourth-order valence-electron chi connectivity index (χ4n) is 6.28. The number of carbonyl (C=O) groups is 2. The maximum atomic E-state index is 14.6. The van der Waals surface area contributed by atoms with Crippen molar-refractivity contribution in [1.82, 2.24) is 14.2 Å². The van der Waals surface area contributed by atoms with E-state index in [4.69, 9.17) is 23.2 Å². The van der Waals surface area contributed by atoms with Gasteiger partial charge in [-0.05, 0) is 72.2 Å². The van der Waals surface area contributed by atoms with Gasteiger partial charge in [-0.1, -0.05) is 60.5 Å². The van der Waals surface area contributed by atoms with Crippen LogP contribution in [-0.4, -0.2) is 52.5 Å². The molecule has 1 aromatic heterocycles. The van der Waals surface area contributed by atoms with E-state index in [1.807, 2.05) is 41.3 Å². The van der Waals surface area contributed by atoms with Crippen LogP contribution in [0.25, 0.3) is 0 Å². The molecule has 0 spiro atoms. The summed E-state index contributed by atoms with van der Waals surface area (Å²) in [5.74, 6) is -1.53. The van der Waals surface area contributed by atoms with Crippen LogP contribution in [0.2, 0.25) is 10.0 Å². The molecule has 2 N–H and O–H groups in total. The summed E-state index contributed by atoms with van der Waals surface area (Å²) in [7, 11) is 0. The average Bonchev–Trinajstić information content (AvgIpc) is 3.79. The van der Waals surface area contributed by atoms with E-state index in [1.165, 1.54) is 4.31 Å². The molecular formula is C31H33Cl2N3O5S. The van der Waals surface area contributed by atoms with Gasteiger partial charge in [-0.15, -0.1) is 0 Å². The summed E-state index contributed by atoms with van der Waals surface area (Å²) in [5, 5.41) is 11.0. The van der Waals surface area contributed by atoms with E-state index in [2.05, 4.69) is 4.98 Å². The van der Waals surface area contributed by atoms with Crippen LogP contribution in [0.4, 0.5) is 0 Å². The van der Waals surface area contributed by atoms with E-state index in [0.29, 0.717) is 16.5 Å². The minimum absolute atomic E-state index is 0.0934. The summed E-state index contributed by atoms with van der Waals surface area (Å²) in [6, 6.07) is 17.5. The van der Waals surface area contributed by atoms with Crippen LogP contribution in [0.3, 0.4) is 0 Å². The van der Waals surface area contributed by atoms with Crippen LogP contribution in [0.15, 0.2) is 73.1 Å². The lowest BCUT2D eigenvalue weighted by Gasteiger charge is -2.52. The van der Waals surface area contributed by atoms with Gasteiger partial charge in [0.2, 0.25) is 17.2 Å². The summed E-state index contributed by atoms with van der Waals surface area (Å²) in [5.41, 5.74) is 1.30. The van der Waals surface area contributed by atoms with Gasteiger partial charge in [0.15, 0.2) is 0 Å². The molecule has 2 heterocycles. The fraction of sp³-hybridized carbons (Fsp3) is 0.387. The third kappa shape index (κ3) is 6.87. The van der Waals surface area contributed by atoms with Gasteiger partial charge in [-0.25, -0.2) is 4.21 Å². The summed E-state index contributed by atoms with van der Waals surface area (Å²) >= 11 is 10.4. The average molecular weight is 631 g/mol. The zero-order valence-electron chi connectivity index (χ0n) is 23.1. The summed E-state index contributed by atoms with van der Waals surface area (Å²) in [4.78, 5) is 32.7. The monoisotopic (exact) mass is 629 g/mol. The smallest absolute Gasteiger partial charge is 0.304 e. The lowest BCUT2D eigenvalue weighted by atomic mass is 9.67. The molecule has 5 unspecified atom stereocenters. The van der Waals surface area contributed by atoms with Crippen molar-refractivity contribution in [3.8, 4) is 0 Å². The minimum atomic E-state index is -2.33. The maximum absolute atomic E-state index is 14.6. The zero-order chi connectivity index (χ0) is 30.0. The Bertz CT molecular complexity index is 1460. The molecule has 5 atom stereocenters. The lowest BCUT2D eigenvalue weighted by Crippen LogP contribution is -2.59. The second kappa shape index (κ2) is 12.8. The number of pyridine rings is 1. The van der Waals surface area contributed by atoms with E-state index in [1.54, 1.807) is 43.6 Å². The van der Waals surface area contributed by atoms with Crippen LogP contribution in [0.1, 0.15) is 61.3 Å². The molecule has 2 aromatic carbocycles. The molecule has 1 saturated carbocycles. The Morgan fingerprint density at radius 2 is 1.86 bits per heavy atom. The quantitative estimate of drug-likeness (QED) is 0.239. The van der Waals surface area contributed by atoms with Crippen molar-refractivity contribution in [2.75, 3.05) is 6.54 Å². The largest absolute Gasteiger partial charge is 0.481 e. The molecule has 11 heteroatoms. The van der Waals surface area contributed by atoms with Crippen LogP contribution in [-0.2, 0) is 27.4 Å². The third-order valence-electron chi connectivity index (χ3n) is 8.35. The Balaban J connectivity index is 1.64. The predicted octanol–water partition coefficient (Wildman–Crippen LogP) is 6.34. The summed E-state index contributed by atoms with van der Waals surface area (Å²) in [6.07, 6.45) is 4.96. The zero-order valence-corrected chi connectivity index (χ0v) is 25.4. The number of aromatic nitrogens is 1. The molecule has 2 aliphatic rings. The molecular weight excluding hydrogens is 597 g/mol. The van der Waals surface area contributed by atoms with Gasteiger partial charge >= 0.3 is 5.97 Å². The molecule has 222 valence electrons. The number of hydrogen-bond acceptors (Lipinski definition) is 4. The number of carbonyl (C=O) groups excluding carboxylic acids is 1. The molecule has 42 heavy (non-hydrogen) atoms. The Hall–Kier alpha value is -2.82. The van der Waals surface area contributed by atoms with E-state index in [9.17, 15) is 23.5 Å². The Morgan fingerprint density at radius 1 is 1.12 bits per heavy atom. The third-order valence-corrected chi connectivity index (χ3v) is 9.56. The van der Waals surface area contributed by atoms with Crippen molar-refractivity contribution >= 4 is 46.3 Å². The number of nitrogens with zero attached hydrogens (tertiary/aromatic N) is 3.